The summed E-state index contributed by atoms with van der Waals surface area (Å²) in [5.41, 5.74) is 10.6. The van der Waals surface area contributed by atoms with Crippen LogP contribution in [0.3, 0.4) is 0 Å². The molecule has 3 N–H and O–H groups in total. The third-order valence-electron chi connectivity index (χ3n) is 10.6. The van der Waals surface area contributed by atoms with Crippen LogP contribution in [0.25, 0.3) is 10.4 Å². The molecule has 2 unspecified atom stereocenters. The highest BCUT2D eigenvalue weighted by molar-refractivity contribution is 5.79. The standard InChI is InChI=1S/C58H52N4O8.22H2/c1-3-4-5-6-7-8-9-10-11-12-13-14-15-16-17-18-19-20-21-22-29-39-54(64)61-51(55(65)52(63)42-48-33-30-31-34-48)45-69-58-57(68-44-50-37-27-24-28-38-50)47(2)56(67-43-49-35-25-23-26-36-49)53(70-58)46-66-41-32-40-60-62-59;;;;;;;;;;;;;;;;;;;;;;/h1,23-28,35-38,47-48,51-53,55-58,63,65H,30-34,39-46H2,2H3,(H,61,64);22*1H/t47-,51-,52+,53?,55-,56+,57?,58-;;;;;;;;;;;;;;;;;;;;;;/m0....................../s1. The topological polar surface area (TPSA) is 164 Å². The summed E-state index contributed by atoms with van der Waals surface area (Å²) in [5.74, 6) is 51.8. The minimum Gasteiger partial charge on any atom is -0.390 e. The Hall–Kier alpha value is -7.90. The summed E-state index contributed by atoms with van der Waals surface area (Å²) in [5, 5.41) is 29.3. The van der Waals surface area contributed by atoms with Crippen molar-refractivity contribution in [3.8, 4) is 131 Å². The number of benzene rings is 2. The zero-order valence-corrected chi connectivity index (χ0v) is 38.9. The largest absolute Gasteiger partial charge is 0.390 e. The maximum absolute atomic E-state index is 13.3. The van der Waals surface area contributed by atoms with E-state index in [0.29, 0.717) is 26.1 Å². The van der Waals surface area contributed by atoms with Crippen molar-refractivity contribution in [1.82, 2.24) is 5.32 Å². The van der Waals surface area contributed by atoms with E-state index in [1.54, 1.807) is 0 Å². The molecule has 1 heterocycles. The van der Waals surface area contributed by atoms with Gasteiger partial charge in [-0.25, -0.2) is 0 Å². The SMILES string of the molecule is C#CC#CC#CC#CC#CC#CC#CC#CC#CC#CC#CCC(=O)N[C@@H](CO[C@H]1OC(COCCCN=[N+]=[N-])[C@H](OCc2ccccc2)[C@H](C)C1OCc1ccccc1)[C@H](O)[C@H](O)CC1CCCC1.[HH].[HH].[HH].[HH].[HH].[HH].[HH].[HH].[HH].[HH].[HH].[HH].[HH].[HH].[HH].[HH].[HH].[HH].[HH].[HH].[HH].[HH]. The molecule has 2 aromatic rings. The molecule has 0 bridgehead atoms. The molecule has 2 fully saturated rings. The predicted octanol–water partition coefficient (Wildman–Crippen LogP) is 10.5. The van der Waals surface area contributed by atoms with Crippen LogP contribution in [-0.4, -0.2) is 85.3 Å². The van der Waals surface area contributed by atoms with E-state index in [0.717, 1.165) is 36.8 Å². The Labute approximate surface area is 445 Å². The van der Waals surface area contributed by atoms with Crippen molar-refractivity contribution in [2.45, 2.75) is 108 Å². The monoisotopic (exact) mass is 977 g/mol. The van der Waals surface area contributed by atoms with Crippen LogP contribution in [0, 0.1) is 143 Å². The van der Waals surface area contributed by atoms with Crippen LogP contribution < -0.4 is 5.32 Å². The number of amides is 1. The summed E-state index contributed by atoms with van der Waals surface area (Å²) in [4.78, 5) is 16.1. The number of carbonyl (C=O) groups excluding carboxylic acids is 1. The summed E-state index contributed by atoms with van der Waals surface area (Å²) in [7, 11) is 0. The summed E-state index contributed by atoms with van der Waals surface area (Å²) in [6.45, 7) is 3.07. The first-order valence-corrected chi connectivity index (χ1v) is 22.6. The molecule has 12 nitrogen and oxygen atoms in total. The van der Waals surface area contributed by atoms with Gasteiger partial charge in [-0.15, -0.1) is 6.42 Å². The van der Waals surface area contributed by atoms with Crippen molar-refractivity contribution in [2.24, 2.45) is 17.0 Å². The number of azide groups is 1. The van der Waals surface area contributed by atoms with E-state index in [9.17, 15) is 15.0 Å². The minimum absolute atomic E-state index is 0. The first-order valence-electron chi connectivity index (χ1n) is 22.6. The molecule has 2 aromatic carbocycles. The summed E-state index contributed by atoms with van der Waals surface area (Å²) < 4.78 is 32.3. The summed E-state index contributed by atoms with van der Waals surface area (Å²) in [6.07, 6.45) is 4.38. The van der Waals surface area contributed by atoms with Gasteiger partial charge < -0.3 is 39.2 Å². The van der Waals surface area contributed by atoms with Gasteiger partial charge in [0, 0.05) is 79.0 Å². The average molecular weight is 977 g/mol. The van der Waals surface area contributed by atoms with Gasteiger partial charge in [0.2, 0.25) is 5.91 Å². The van der Waals surface area contributed by atoms with E-state index in [2.05, 4.69) is 140 Å². The molecule has 0 aromatic heterocycles. The number of hydrogen-bond acceptors (Lipinski definition) is 9. The second-order valence-electron chi connectivity index (χ2n) is 15.6. The van der Waals surface area contributed by atoms with Crippen molar-refractivity contribution in [3.05, 3.63) is 82.2 Å². The average Bonchev–Trinajstić information content (AvgIpc) is 3.89. The van der Waals surface area contributed by atoms with Crippen molar-refractivity contribution in [1.29, 1.82) is 0 Å². The van der Waals surface area contributed by atoms with E-state index >= 15 is 0 Å². The predicted molar refractivity (Wildman–Crippen MR) is 312 cm³/mol. The Balaban J connectivity index is -0.000000142. The van der Waals surface area contributed by atoms with Crippen LogP contribution in [-0.2, 0) is 41.7 Å². The van der Waals surface area contributed by atoms with Crippen LogP contribution >= 0.6 is 0 Å². The van der Waals surface area contributed by atoms with Gasteiger partial charge in [0.25, 0.3) is 0 Å². The maximum atomic E-state index is 13.3. The molecule has 12 heteroatoms. The van der Waals surface area contributed by atoms with Gasteiger partial charge in [-0.05, 0) is 130 Å². The molecule has 0 spiro atoms. The van der Waals surface area contributed by atoms with Crippen LogP contribution in [0.15, 0.2) is 65.8 Å². The van der Waals surface area contributed by atoms with Gasteiger partial charge in [-0.2, -0.15) is 0 Å². The highest BCUT2D eigenvalue weighted by Crippen LogP contribution is 2.34. The lowest BCUT2D eigenvalue weighted by Crippen LogP contribution is -2.58. The van der Waals surface area contributed by atoms with E-state index in [-0.39, 0.29) is 76.0 Å². The summed E-state index contributed by atoms with van der Waals surface area (Å²) in [6, 6.07) is 18.4. The third-order valence-corrected chi connectivity index (χ3v) is 10.6. The normalized spacial score (nSPS) is 18.3. The number of aliphatic hydroxyl groups is 2. The second kappa shape index (κ2) is 34.4. The minimum atomic E-state index is -1.38. The molecule has 1 amide bonds. The molecule has 396 valence electrons. The Bertz CT molecular complexity index is 2840. The highest BCUT2D eigenvalue weighted by Gasteiger charge is 2.46. The van der Waals surface area contributed by atoms with Gasteiger partial charge in [0.15, 0.2) is 6.29 Å². The molecule has 8 atom stereocenters. The van der Waals surface area contributed by atoms with Gasteiger partial charge in [-0.1, -0.05) is 104 Å². The van der Waals surface area contributed by atoms with Gasteiger partial charge in [-0.3, -0.25) is 4.79 Å². The molecule has 0 radical (unpaired) electrons. The number of carbonyl (C=O) groups is 1. The Kier molecular flexibility index (Phi) is 26.9. The molecular formula is C58H96N4O8. The zero-order chi connectivity index (χ0) is 49.7. The number of rotatable bonds is 21. The Morgan fingerprint density at radius 1 is 0.786 bits per heavy atom. The fraction of sp³-hybridized carbons (Fsp3) is 0.397. The van der Waals surface area contributed by atoms with Crippen LogP contribution in [0.1, 0.15) is 94.4 Å². The van der Waals surface area contributed by atoms with Gasteiger partial charge >= 0.3 is 0 Å². The van der Waals surface area contributed by atoms with Crippen LogP contribution in [0.5, 0.6) is 0 Å². The quantitative estimate of drug-likeness (QED) is 0.0366. The molecule has 1 aliphatic heterocycles. The van der Waals surface area contributed by atoms with Gasteiger partial charge in [0.05, 0.1) is 51.1 Å². The molecule has 1 saturated heterocycles. The molecular weight excluding hydrogens is 881 g/mol. The Morgan fingerprint density at radius 2 is 1.30 bits per heavy atom. The first kappa shape index (κ1) is 54.7. The van der Waals surface area contributed by atoms with E-state index < -0.39 is 48.8 Å². The first-order chi connectivity index (χ1) is 34.4. The van der Waals surface area contributed by atoms with E-state index in [4.69, 9.17) is 35.6 Å². The lowest BCUT2D eigenvalue weighted by atomic mass is 9.90. The van der Waals surface area contributed by atoms with Crippen LogP contribution in [0.4, 0.5) is 0 Å². The van der Waals surface area contributed by atoms with Crippen molar-refractivity contribution >= 4 is 5.91 Å². The molecule has 2 aliphatic rings. The number of terminal acetylenes is 1. The lowest BCUT2D eigenvalue weighted by molar-refractivity contribution is -0.309. The number of ether oxygens (including phenoxy) is 5. The van der Waals surface area contributed by atoms with Crippen molar-refractivity contribution in [3.63, 3.8) is 0 Å². The highest BCUT2D eigenvalue weighted by atomic mass is 16.7. The Morgan fingerprint density at radius 3 is 1.83 bits per heavy atom. The van der Waals surface area contributed by atoms with Crippen LogP contribution in [0.2, 0.25) is 0 Å². The van der Waals surface area contributed by atoms with Gasteiger partial charge in [0.1, 0.15) is 18.3 Å². The smallest absolute Gasteiger partial charge is 0.232 e. The molecule has 1 saturated carbocycles. The molecule has 4 rings (SSSR count). The fourth-order valence-electron chi connectivity index (χ4n) is 7.29. The van der Waals surface area contributed by atoms with E-state index in [1.807, 2.05) is 67.6 Å². The molecule has 1 aliphatic carbocycles. The number of hydrogen-bond donors (Lipinski definition) is 3. The zero-order valence-electron chi connectivity index (χ0n) is 38.9. The second-order valence-corrected chi connectivity index (χ2v) is 15.6. The number of nitrogens with one attached hydrogen (secondary N) is 1. The molecule has 70 heavy (non-hydrogen) atoms. The van der Waals surface area contributed by atoms with Crippen molar-refractivity contribution < 1.29 is 70.1 Å². The lowest BCUT2D eigenvalue weighted by Gasteiger charge is -2.45. The summed E-state index contributed by atoms with van der Waals surface area (Å²) >= 11 is 0. The van der Waals surface area contributed by atoms with Crippen molar-refractivity contribution in [2.75, 3.05) is 26.4 Å². The number of aliphatic hydroxyl groups excluding tert-OH is 2. The number of nitrogens with zero attached hydrogens (tertiary/aromatic N) is 3. The third kappa shape index (κ3) is 22.3. The maximum Gasteiger partial charge on any atom is 0.232 e. The van der Waals surface area contributed by atoms with E-state index in [1.165, 1.54) is 0 Å². The fourth-order valence-corrected chi connectivity index (χ4v) is 7.29.